The number of hydrogen-bond donors (Lipinski definition) is 3. The van der Waals surface area contributed by atoms with Gasteiger partial charge in [-0.05, 0) is 31.2 Å². The summed E-state index contributed by atoms with van der Waals surface area (Å²) in [6.45, 7) is 3.41. The molecule has 0 spiro atoms. The summed E-state index contributed by atoms with van der Waals surface area (Å²) in [6, 6.07) is 13.7. The van der Waals surface area contributed by atoms with Gasteiger partial charge in [-0.3, -0.25) is 4.99 Å². The molecule has 28 heavy (non-hydrogen) atoms. The molecule has 0 unspecified atom stereocenters. The molecule has 3 N–H and O–H groups in total. The maximum atomic E-state index is 5.35. The third-order valence-corrected chi connectivity index (χ3v) is 4.05. The monoisotopic (exact) mass is 495 g/mol. The lowest BCUT2D eigenvalue weighted by Crippen LogP contribution is -2.30. The molecular formula is C20H26IN5O2. The molecule has 8 heteroatoms. The number of rotatable bonds is 7. The number of anilines is 1. The van der Waals surface area contributed by atoms with E-state index in [9.17, 15) is 0 Å². The summed E-state index contributed by atoms with van der Waals surface area (Å²) < 4.78 is 10.6. The van der Waals surface area contributed by atoms with E-state index in [-0.39, 0.29) is 24.0 Å². The summed E-state index contributed by atoms with van der Waals surface area (Å²) in [5, 5.41) is 6.54. The van der Waals surface area contributed by atoms with Gasteiger partial charge in [0.2, 0.25) is 0 Å². The second kappa shape index (κ2) is 10.7. The molecule has 0 aliphatic heterocycles. The Balaban J connectivity index is 0.00000280. The number of aromatic nitrogens is 2. The SMILES string of the molecule is CCNC(=NCCc1nc2ccccc2[nH]1)Nc1ccc(OC)c(OC)c1.I. The number of benzene rings is 2. The van der Waals surface area contributed by atoms with E-state index in [0.717, 1.165) is 35.5 Å². The van der Waals surface area contributed by atoms with Gasteiger partial charge in [-0.25, -0.2) is 4.98 Å². The van der Waals surface area contributed by atoms with Gasteiger partial charge in [0.25, 0.3) is 0 Å². The van der Waals surface area contributed by atoms with Crippen molar-refractivity contribution >= 4 is 46.7 Å². The topological polar surface area (TPSA) is 83.6 Å². The van der Waals surface area contributed by atoms with Gasteiger partial charge in [-0.15, -0.1) is 24.0 Å². The second-order valence-electron chi connectivity index (χ2n) is 5.91. The average molecular weight is 495 g/mol. The first-order chi connectivity index (χ1) is 13.2. The second-order valence-corrected chi connectivity index (χ2v) is 5.91. The van der Waals surface area contributed by atoms with E-state index < -0.39 is 0 Å². The lowest BCUT2D eigenvalue weighted by molar-refractivity contribution is 0.355. The number of hydrogen-bond acceptors (Lipinski definition) is 4. The molecule has 0 fully saturated rings. The minimum absolute atomic E-state index is 0. The van der Waals surface area contributed by atoms with Crippen molar-refractivity contribution in [3.8, 4) is 11.5 Å². The van der Waals surface area contributed by atoms with Crippen molar-refractivity contribution in [3.05, 3.63) is 48.3 Å². The molecule has 0 aliphatic rings. The van der Waals surface area contributed by atoms with Crippen LogP contribution in [0.4, 0.5) is 5.69 Å². The number of imidazole rings is 1. The zero-order chi connectivity index (χ0) is 19.1. The molecule has 150 valence electrons. The van der Waals surface area contributed by atoms with E-state index in [1.54, 1.807) is 14.2 Å². The summed E-state index contributed by atoms with van der Waals surface area (Å²) in [5.74, 6) is 3.00. The van der Waals surface area contributed by atoms with Crippen LogP contribution in [0.5, 0.6) is 11.5 Å². The molecule has 0 saturated carbocycles. The highest BCUT2D eigenvalue weighted by Gasteiger charge is 2.07. The van der Waals surface area contributed by atoms with Crippen molar-refractivity contribution < 1.29 is 9.47 Å². The Kier molecular flexibility index (Phi) is 8.37. The van der Waals surface area contributed by atoms with Gasteiger partial charge in [0.15, 0.2) is 17.5 Å². The maximum absolute atomic E-state index is 5.35. The molecule has 0 saturated heterocycles. The van der Waals surface area contributed by atoms with Crippen molar-refractivity contribution in [2.75, 3.05) is 32.6 Å². The zero-order valence-electron chi connectivity index (χ0n) is 16.3. The summed E-state index contributed by atoms with van der Waals surface area (Å²) >= 11 is 0. The molecule has 0 atom stereocenters. The van der Waals surface area contributed by atoms with Crippen LogP contribution in [0.3, 0.4) is 0 Å². The van der Waals surface area contributed by atoms with Crippen LogP contribution >= 0.6 is 24.0 Å². The fraction of sp³-hybridized carbons (Fsp3) is 0.300. The van der Waals surface area contributed by atoms with Crippen LogP contribution in [0.2, 0.25) is 0 Å². The first-order valence-corrected chi connectivity index (χ1v) is 8.94. The molecule has 2 aromatic carbocycles. The minimum Gasteiger partial charge on any atom is -0.493 e. The van der Waals surface area contributed by atoms with Gasteiger partial charge >= 0.3 is 0 Å². The summed E-state index contributed by atoms with van der Waals surface area (Å²) in [5.41, 5.74) is 2.90. The highest BCUT2D eigenvalue weighted by atomic mass is 127. The van der Waals surface area contributed by atoms with Gasteiger partial charge < -0.3 is 25.1 Å². The Morgan fingerprint density at radius 3 is 2.61 bits per heavy atom. The van der Waals surface area contributed by atoms with E-state index in [1.807, 2.05) is 49.4 Å². The van der Waals surface area contributed by atoms with E-state index in [4.69, 9.17) is 9.47 Å². The minimum atomic E-state index is 0. The number of para-hydroxylation sites is 2. The predicted molar refractivity (Wildman–Crippen MR) is 124 cm³/mol. The summed E-state index contributed by atoms with van der Waals surface area (Å²) in [7, 11) is 3.24. The highest BCUT2D eigenvalue weighted by molar-refractivity contribution is 14.0. The molecule has 0 bridgehead atoms. The smallest absolute Gasteiger partial charge is 0.195 e. The Labute approximate surface area is 182 Å². The fourth-order valence-corrected chi connectivity index (χ4v) is 2.76. The van der Waals surface area contributed by atoms with Crippen molar-refractivity contribution in [1.82, 2.24) is 15.3 Å². The van der Waals surface area contributed by atoms with E-state index in [0.29, 0.717) is 24.0 Å². The number of guanidine groups is 1. The molecule has 0 aliphatic carbocycles. The quantitative estimate of drug-likeness (QED) is 0.264. The molecular weight excluding hydrogens is 469 g/mol. The predicted octanol–water partition coefficient (Wildman–Crippen LogP) is 3.82. The van der Waals surface area contributed by atoms with Crippen LogP contribution in [0.25, 0.3) is 11.0 Å². The molecule has 0 radical (unpaired) electrons. The van der Waals surface area contributed by atoms with E-state index >= 15 is 0 Å². The Morgan fingerprint density at radius 2 is 1.89 bits per heavy atom. The fourth-order valence-electron chi connectivity index (χ4n) is 2.76. The number of nitrogens with zero attached hydrogens (tertiary/aromatic N) is 2. The summed E-state index contributed by atoms with van der Waals surface area (Å²) in [6.07, 6.45) is 0.733. The molecule has 7 nitrogen and oxygen atoms in total. The number of aliphatic imine (C=N–C) groups is 1. The van der Waals surface area contributed by atoms with Crippen LogP contribution < -0.4 is 20.1 Å². The molecule has 3 aromatic rings. The molecule has 1 aromatic heterocycles. The van der Waals surface area contributed by atoms with Gasteiger partial charge in [0.05, 0.1) is 25.3 Å². The van der Waals surface area contributed by atoms with E-state index in [2.05, 4.69) is 25.6 Å². The number of ether oxygens (including phenoxy) is 2. The van der Waals surface area contributed by atoms with Gasteiger partial charge in [-0.1, -0.05) is 12.1 Å². The third kappa shape index (κ3) is 5.51. The van der Waals surface area contributed by atoms with Crippen LogP contribution in [0.1, 0.15) is 12.7 Å². The van der Waals surface area contributed by atoms with E-state index in [1.165, 1.54) is 0 Å². The van der Waals surface area contributed by atoms with Crippen molar-refractivity contribution in [2.45, 2.75) is 13.3 Å². The number of fused-ring (bicyclic) bond motifs is 1. The molecule has 3 rings (SSSR count). The highest BCUT2D eigenvalue weighted by Crippen LogP contribution is 2.29. The largest absolute Gasteiger partial charge is 0.493 e. The van der Waals surface area contributed by atoms with Crippen molar-refractivity contribution in [2.24, 2.45) is 4.99 Å². The number of halogens is 1. The van der Waals surface area contributed by atoms with Crippen molar-refractivity contribution in [3.63, 3.8) is 0 Å². The average Bonchev–Trinajstić information content (AvgIpc) is 3.10. The number of nitrogens with one attached hydrogen (secondary N) is 3. The Hall–Kier alpha value is -2.49. The van der Waals surface area contributed by atoms with Gasteiger partial charge in [-0.2, -0.15) is 0 Å². The zero-order valence-corrected chi connectivity index (χ0v) is 18.6. The van der Waals surface area contributed by atoms with Gasteiger partial charge in [0.1, 0.15) is 5.82 Å². The van der Waals surface area contributed by atoms with Crippen LogP contribution in [-0.2, 0) is 6.42 Å². The lowest BCUT2D eigenvalue weighted by Gasteiger charge is -2.13. The first-order valence-electron chi connectivity index (χ1n) is 8.94. The maximum Gasteiger partial charge on any atom is 0.195 e. The number of H-pyrrole nitrogens is 1. The van der Waals surface area contributed by atoms with Crippen LogP contribution in [0.15, 0.2) is 47.5 Å². The lowest BCUT2D eigenvalue weighted by atomic mass is 10.3. The first kappa shape index (κ1) is 21.8. The van der Waals surface area contributed by atoms with Gasteiger partial charge in [0, 0.05) is 31.3 Å². The van der Waals surface area contributed by atoms with Crippen LogP contribution in [-0.4, -0.2) is 43.2 Å². The molecule has 0 amide bonds. The Bertz CT molecular complexity index is 893. The third-order valence-electron chi connectivity index (χ3n) is 4.05. The molecule has 1 heterocycles. The number of aromatic amines is 1. The normalized spacial score (nSPS) is 11.0. The number of methoxy groups -OCH3 is 2. The summed E-state index contributed by atoms with van der Waals surface area (Å²) in [4.78, 5) is 12.5. The standard InChI is InChI=1S/C20H25N5O2.HI/c1-4-21-20(23-14-9-10-17(26-2)18(13-14)27-3)22-12-11-19-24-15-7-5-6-8-16(15)25-19;/h5-10,13H,4,11-12H2,1-3H3,(H,24,25)(H2,21,22,23);1H. The van der Waals surface area contributed by atoms with Crippen LogP contribution in [0, 0.1) is 0 Å². The van der Waals surface area contributed by atoms with Crippen molar-refractivity contribution in [1.29, 1.82) is 0 Å². The Morgan fingerprint density at radius 1 is 1.11 bits per heavy atom.